The molecule has 0 aliphatic carbocycles. The van der Waals surface area contributed by atoms with Gasteiger partial charge in [0, 0.05) is 13.1 Å². The van der Waals surface area contributed by atoms with Gasteiger partial charge in [0.05, 0.1) is 0 Å². The summed E-state index contributed by atoms with van der Waals surface area (Å²) in [6, 6.07) is 4.36. The van der Waals surface area contributed by atoms with E-state index in [2.05, 4.69) is 39.8 Å². The molecular formula is C12H22N2. The molecule has 1 rings (SSSR count). The van der Waals surface area contributed by atoms with Crippen LogP contribution >= 0.6 is 0 Å². The number of rotatable bonds is 1. The molecule has 0 aromatic heterocycles. The van der Waals surface area contributed by atoms with Crippen molar-refractivity contribution >= 4 is 0 Å². The number of nitrogens with two attached hydrogens (primary N) is 2. The van der Waals surface area contributed by atoms with Crippen LogP contribution < -0.4 is 11.5 Å². The van der Waals surface area contributed by atoms with Crippen molar-refractivity contribution in [2.75, 3.05) is 13.1 Å². The van der Waals surface area contributed by atoms with Gasteiger partial charge in [-0.05, 0) is 49.9 Å². The molecule has 2 heteroatoms. The van der Waals surface area contributed by atoms with Gasteiger partial charge in [-0.15, -0.1) is 0 Å². The van der Waals surface area contributed by atoms with Crippen molar-refractivity contribution in [1.82, 2.24) is 0 Å². The third-order valence-electron chi connectivity index (χ3n) is 2.50. The van der Waals surface area contributed by atoms with Crippen molar-refractivity contribution in [1.29, 1.82) is 0 Å². The van der Waals surface area contributed by atoms with Gasteiger partial charge in [-0.25, -0.2) is 0 Å². The molecule has 0 heterocycles. The molecule has 0 spiro atoms. The van der Waals surface area contributed by atoms with Gasteiger partial charge in [0.2, 0.25) is 0 Å². The second-order valence-corrected chi connectivity index (χ2v) is 3.53. The summed E-state index contributed by atoms with van der Waals surface area (Å²) in [5.74, 6) is 0. The highest BCUT2D eigenvalue weighted by atomic mass is 14.6. The molecule has 0 saturated carbocycles. The molecule has 4 N–H and O–H groups in total. The third-order valence-corrected chi connectivity index (χ3v) is 2.50. The lowest BCUT2D eigenvalue weighted by atomic mass is 10.0. The van der Waals surface area contributed by atoms with Crippen molar-refractivity contribution in [3.63, 3.8) is 0 Å². The second kappa shape index (κ2) is 6.57. The summed E-state index contributed by atoms with van der Waals surface area (Å²) in [6.45, 7) is 9.86. The molecule has 0 aliphatic heterocycles. The first-order valence-electron chi connectivity index (χ1n) is 4.98. The predicted octanol–water partition coefficient (Wildman–Crippen LogP) is 1.82. The Kier molecular flexibility index (Phi) is 6.17. The maximum Gasteiger partial charge on any atom is 0.00461 e. The van der Waals surface area contributed by atoms with Crippen LogP contribution in [0.3, 0.4) is 0 Å². The molecule has 1 aromatic carbocycles. The average Bonchev–Trinajstić information content (AvgIpc) is 2.21. The van der Waals surface area contributed by atoms with E-state index in [0.717, 1.165) is 0 Å². The summed E-state index contributed by atoms with van der Waals surface area (Å²) in [6.07, 6.45) is 0. The predicted molar refractivity (Wildman–Crippen MR) is 63.5 cm³/mol. The minimum Gasteiger partial charge on any atom is -0.329 e. The Balaban J connectivity index is 0.000000364. The summed E-state index contributed by atoms with van der Waals surface area (Å²) in [5.41, 5.74) is 15.5. The zero-order valence-corrected chi connectivity index (χ0v) is 9.72. The Hall–Kier alpha value is -0.860. The highest BCUT2D eigenvalue weighted by Gasteiger charge is 1.97. The van der Waals surface area contributed by atoms with Crippen molar-refractivity contribution in [2.24, 2.45) is 11.5 Å². The summed E-state index contributed by atoms with van der Waals surface area (Å²) < 4.78 is 0. The van der Waals surface area contributed by atoms with E-state index in [1.54, 1.807) is 0 Å². The van der Waals surface area contributed by atoms with E-state index in [0.29, 0.717) is 13.1 Å². The number of benzene rings is 1. The minimum absolute atomic E-state index is 0.597. The van der Waals surface area contributed by atoms with Crippen LogP contribution in [-0.4, -0.2) is 13.1 Å². The maximum atomic E-state index is 4.90. The first kappa shape index (κ1) is 13.1. The maximum absolute atomic E-state index is 4.90. The van der Waals surface area contributed by atoms with E-state index in [4.69, 9.17) is 11.5 Å². The fraction of sp³-hybridized carbons (Fsp3) is 0.500. The van der Waals surface area contributed by atoms with Crippen LogP contribution in [-0.2, 0) is 0 Å². The van der Waals surface area contributed by atoms with Crippen LogP contribution in [0, 0.1) is 27.7 Å². The lowest BCUT2D eigenvalue weighted by Crippen LogP contribution is -2.11. The highest BCUT2D eigenvalue weighted by molar-refractivity contribution is 5.37. The minimum atomic E-state index is 0.597. The molecular weight excluding hydrogens is 172 g/mol. The van der Waals surface area contributed by atoms with Crippen molar-refractivity contribution in [2.45, 2.75) is 27.7 Å². The van der Waals surface area contributed by atoms with Crippen LogP contribution in [0.5, 0.6) is 0 Å². The summed E-state index contributed by atoms with van der Waals surface area (Å²) in [7, 11) is 0. The fourth-order valence-corrected chi connectivity index (χ4v) is 1.09. The zero-order valence-electron chi connectivity index (χ0n) is 9.72. The summed E-state index contributed by atoms with van der Waals surface area (Å²) >= 11 is 0. The first-order chi connectivity index (χ1) is 6.54. The smallest absolute Gasteiger partial charge is 0.00461 e. The lowest BCUT2D eigenvalue weighted by molar-refractivity contribution is 0.976. The van der Waals surface area contributed by atoms with E-state index in [9.17, 15) is 0 Å². The molecule has 0 aliphatic rings. The monoisotopic (exact) mass is 194 g/mol. The third kappa shape index (κ3) is 3.90. The van der Waals surface area contributed by atoms with Crippen LogP contribution in [0.15, 0.2) is 12.1 Å². The van der Waals surface area contributed by atoms with Gasteiger partial charge in [0.15, 0.2) is 0 Å². The summed E-state index contributed by atoms with van der Waals surface area (Å²) in [4.78, 5) is 0. The second-order valence-electron chi connectivity index (χ2n) is 3.53. The van der Waals surface area contributed by atoms with Gasteiger partial charge in [-0.3, -0.25) is 0 Å². The first-order valence-corrected chi connectivity index (χ1v) is 4.98. The van der Waals surface area contributed by atoms with E-state index in [-0.39, 0.29) is 0 Å². The fourth-order valence-electron chi connectivity index (χ4n) is 1.09. The van der Waals surface area contributed by atoms with Crippen molar-refractivity contribution < 1.29 is 0 Å². The Labute approximate surface area is 87.3 Å². The van der Waals surface area contributed by atoms with Gasteiger partial charge in [-0.2, -0.15) is 0 Å². The van der Waals surface area contributed by atoms with Gasteiger partial charge in [-0.1, -0.05) is 12.1 Å². The molecule has 0 saturated heterocycles. The van der Waals surface area contributed by atoms with Crippen molar-refractivity contribution in [3.8, 4) is 0 Å². The number of aryl methyl sites for hydroxylation is 2. The average molecular weight is 194 g/mol. The quantitative estimate of drug-likeness (QED) is 0.716. The number of hydrogen-bond acceptors (Lipinski definition) is 2. The summed E-state index contributed by atoms with van der Waals surface area (Å²) in [5, 5.41) is 0. The molecule has 1 aromatic rings. The van der Waals surface area contributed by atoms with E-state index in [1.807, 2.05) is 0 Å². The molecule has 0 radical (unpaired) electrons. The molecule has 2 nitrogen and oxygen atoms in total. The Bertz CT molecular complexity index is 251. The zero-order chi connectivity index (χ0) is 11.1. The molecule has 0 unspecified atom stereocenters. The Morgan fingerprint density at radius 2 is 1.07 bits per heavy atom. The molecule has 0 fully saturated rings. The molecule has 0 atom stereocenters. The van der Waals surface area contributed by atoms with Crippen LogP contribution in [0.25, 0.3) is 0 Å². The van der Waals surface area contributed by atoms with E-state index < -0.39 is 0 Å². The standard InChI is InChI=1S/C10H14.C2H8N2/c1-7-5-6-8(2)10(4)9(7)3;3-1-2-4/h5-6H,1-4H3;1-4H2. The molecule has 0 amide bonds. The van der Waals surface area contributed by atoms with Crippen LogP contribution in [0.2, 0.25) is 0 Å². The Morgan fingerprint density at radius 3 is 1.29 bits per heavy atom. The number of hydrogen-bond donors (Lipinski definition) is 2. The van der Waals surface area contributed by atoms with Gasteiger partial charge in [0.25, 0.3) is 0 Å². The van der Waals surface area contributed by atoms with Crippen LogP contribution in [0.1, 0.15) is 22.3 Å². The van der Waals surface area contributed by atoms with Crippen LogP contribution in [0.4, 0.5) is 0 Å². The van der Waals surface area contributed by atoms with Gasteiger partial charge >= 0.3 is 0 Å². The molecule has 80 valence electrons. The SMILES string of the molecule is Cc1ccc(C)c(C)c1C.NCCN. The molecule has 0 bridgehead atoms. The van der Waals surface area contributed by atoms with Gasteiger partial charge < -0.3 is 11.5 Å². The van der Waals surface area contributed by atoms with E-state index >= 15 is 0 Å². The Morgan fingerprint density at radius 1 is 0.786 bits per heavy atom. The highest BCUT2D eigenvalue weighted by Crippen LogP contribution is 2.15. The van der Waals surface area contributed by atoms with Gasteiger partial charge in [0.1, 0.15) is 0 Å². The topological polar surface area (TPSA) is 52.0 Å². The molecule has 14 heavy (non-hydrogen) atoms. The lowest BCUT2D eigenvalue weighted by Gasteiger charge is -2.06. The largest absolute Gasteiger partial charge is 0.329 e. The van der Waals surface area contributed by atoms with E-state index in [1.165, 1.54) is 22.3 Å². The van der Waals surface area contributed by atoms with Crippen molar-refractivity contribution in [3.05, 3.63) is 34.4 Å². The normalized spacial score (nSPS) is 9.29.